The average molecular weight is 435 g/mol. The first kappa shape index (κ1) is 20.2. The number of aryl methyl sites for hydroxylation is 1. The number of aromatic nitrogens is 3. The summed E-state index contributed by atoms with van der Waals surface area (Å²) < 4.78 is 0.950. The molecule has 0 fully saturated rings. The number of hydrogen-bond donors (Lipinski definition) is 3. The fraction of sp³-hybridized carbons (Fsp3) is 0.100. The van der Waals surface area contributed by atoms with Gasteiger partial charge in [-0.15, -0.1) is 0 Å². The third-order valence-corrected chi connectivity index (χ3v) is 5.31. The Hall–Kier alpha value is -4.12. The van der Waals surface area contributed by atoms with Gasteiger partial charge in [-0.25, -0.2) is 15.0 Å². The zero-order chi connectivity index (χ0) is 21.8. The Morgan fingerprint density at radius 3 is 2.61 bits per heavy atom. The smallest absolute Gasteiger partial charge is 0.310 e. The summed E-state index contributed by atoms with van der Waals surface area (Å²) >= 11 is 1.36. The van der Waals surface area contributed by atoms with Crippen molar-refractivity contribution in [2.45, 2.75) is 13.3 Å². The number of amides is 1. The molecule has 2 heterocycles. The van der Waals surface area contributed by atoms with Crippen LogP contribution in [-0.4, -0.2) is 25.8 Å². The highest BCUT2D eigenvalue weighted by atomic mass is 32.1. The molecular weight excluding hydrogens is 418 g/mol. The largest absolute Gasteiger partial charge is 0.355 e. The number of nitrogens with zero attached hydrogens (tertiary/aromatic N) is 4. The molecule has 10 nitrogen and oxygen atoms in total. The number of benzene rings is 2. The Morgan fingerprint density at radius 2 is 1.87 bits per heavy atom. The second-order valence-corrected chi connectivity index (χ2v) is 7.61. The standard InChI is InChI=1S/C20H17N7O3S/c1-12-6-5-9-14-16(12)23-20(31-14)24-18-17(27(29)30)19(22-11-21-18)26-25-15(28)10-13-7-3-2-4-8-13/h2-9,11H,10H2,1H3,(H,25,28)(H2,21,22,23,24,26). The number of rotatable bonds is 7. The van der Waals surface area contributed by atoms with Gasteiger partial charge in [-0.1, -0.05) is 53.8 Å². The minimum atomic E-state index is -0.618. The maximum atomic E-state index is 12.2. The fourth-order valence-corrected chi connectivity index (χ4v) is 3.87. The molecule has 0 bridgehead atoms. The van der Waals surface area contributed by atoms with E-state index in [1.54, 1.807) is 0 Å². The van der Waals surface area contributed by atoms with Gasteiger partial charge in [0.2, 0.25) is 17.5 Å². The van der Waals surface area contributed by atoms with Gasteiger partial charge >= 0.3 is 5.69 Å². The lowest BCUT2D eigenvalue weighted by molar-refractivity contribution is -0.383. The van der Waals surface area contributed by atoms with Crippen molar-refractivity contribution in [2.24, 2.45) is 0 Å². The lowest BCUT2D eigenvalue weighted by atomic mass is 10.1. The minimum Gasteiger partial charge on any atom is -0.310 e. The summed E-state index contributed by atoms with van der Waals surface area (Å²) in [5.41, 5.74) is 7.19. The molecule has 0 spiro atoms. The number of fused-ring (bicyclic) bond motifs is 1. The van der Waals surface area contributed by atoms with Gasteiger partial charge in [0, 0.05) is 0 Å². The first-order chi connectivity index (χ1) is 15.0. The quantitative estimate of drug-likeness (QED) is 0.295. The number of hydrazine groups is 1. The van der Waals surface area contributed by atoms with Crippen LogP contribution in [0.4, 0.5) is 22.5 Å². The van der Waals surface area contributed by atoms with E-state index in [1.165, 1.54) is 17.7 Å². The van der Waals surface area contributed by atoms with Crippen molar-refractivity contribution < 1.29 is 9.72 Å². The van der Waals surface area contributed by atoms with Crippen LogP contribution in [0.3, 0.4) is 0 Å². The summed E-state index contributed by atoms with van der Waals surface area (Å²) in [5, 5.41) is 15.1. The van der Waals surface area contributed by atoms with E-state index in [-0.39, 0.29) is 24.0 Å². The number of carbonyl (C=O) groups excluding carboxylic acids is 1. The van der Waals surface area contributed by atoms with E-state index in [2.05, 4.69) is 31.1 Å². The third kappa shape index (κ3) is 4.56. The Kier molecular flexibility index (Phi) is 5.67. The summed E-state index contributed by atoms with van der Waals surface area (Å²) in [6.07, 6.45) is 1.28. The first-order valence-corrected chi connectivity index (χ1v) is 10.0. The normalized spacial score (nSPS) is 10.6. The van der Waals surface area contributed by atoms with Crippen molar-refractivity contribution in [1.29, 1.82) is 0 Å². The maximum absolute atomic E-state index is 12.2. The maximum Gasteiger partial charge on any atom is 0.355 e. The van der Waals surface area contributed by atoms with Gasteiger partial charge in [-0.2, -0.15) is 0 Å². The lowest BCUT2D eigenvalue weighted by Crippen LogP contribution is -2.31. The molecule has 0 saturated carbocycles. The van der Waals surface area contributed by atoms with Gasteiger partial charge in [0.05, 0.1) is 21.6 Å². The molecule has 0 atom stereocenters. The summed E-state index contributed by atoms with van der Waals surface area (Å²) in [5.74, 6) is -0.534. The Morgan fingerprint density at radius 1 is 1.10 bits per heavy atom. The summed E-state index contributed by atoms with van der Waals surface area (Å²) in [6.45, 7) is 1.94. The number of thiazole rings is 1. The average Bonchev–Trinajstić information content (AvgIpc) is 3.17. The van der Waals surface area contributed by atoms with Crippen molar-refractivity contribution in [3.63, 3.8) is 0 Å². The second kappa shape index (κ2) is 8.71. The summed E-state index contributed by atoms with van der Waals surface area (Å²) in [6, 6.07) is 14.9. The van der Waals surface area contributed by atoms with Gasteiger partial charge in [-0.3, -0.25) is 25.8 Å². The molecule has 2 aromatic carbocycles. The second-order valence-electron chi connectivity index (χ2n) is 6.58. The third-order valence-electron chi connectivity index (χ3n) is 4.38. The van der Waals surface area contributed by atoms with Crippen molar-refractivity contribution >= 4 is 49.9 Å². The topological polar surface area (TPSA) is 135 Å². The molecule has 2 aromatic heterocycles. The molecule has 0 unspecified atom stereocenters. The SMILES string of the molecule is Cc1cccc2sc(Nc3ncnc(NNC(=O)Cc4ccccc4)c3[N+](=O)[O-])nc12. The first-order valence-electron chi connectivity index (χ1n) is 9.22. The van der Waals surface area contributed by atoms with Crippen LogP contribution in [0.5, 0.6) is 0 Å². The highest BCUT2D eigenvalue weighted by molar-refractivity contribution is 7.22. The molecule has 0 saturated heterocycles. The summed E-state index contributed by atoms with van der Waals surface area (Å²) in [7, 11) is 0. The number of hydrogen-bond acceptors (Lipinski definition) is 9. The van der Waals surface area contributed by atoms with Gasteiger partial charge < -0.3 is 5.32 Å². The monoisotopic (exact) mass is 435 g/mol. The van der Waals surface area contributed by atoms with Gasteiger partial charge in [0.25, 0.3) is 0 Å². The molecule has 4 rings (SSSR count). The molecule has 156 valence electrons. The lowest BCUT2D eigenvalue weighted by Gasteiger charge is -2.10. The van der Waals surface area contributed by atoms with E-state index < -0.39 is 10.6 Å². The van der Waals surface area contributed by atoms with Gasteiger partial charge in [-0.05, 0) is 24.1 Å². The van der Waals surface area contributed by atoms with Crippen LogP contribution in [0.15, 0.2) is 54.9 Å². The molecular formula is C20H17N7O3S. The number of carbonyl (C=O) groups is 1. The number of anilines is 3. The molecule has 11 heteroatoms. The van der Waals surface area contributed by atoms with Crippen LogP contribution in [0.1, 0.15) is 11.1 Å². The number of nitro groups is 1. The van der Waals surface area contributed by atoms with Crippen LogP contribution >= 0.6 is 11.3 Å². The number of para-hydroxylation sites is 1. The van der Waals surface area contributed by atoms with E-state index in [1.807, 2.05) is 55.5 Å². The van der Waals surface area contributed by atoms with Gasteiger partial charge in [0.15, 0.2) is 5.13 Å². The Bertz CT molecular complexity index is 1260. The van der Waals surface area contributed by atoms with Crippen molar-refractivity contribution in [3.05, 3.63) is 76.1 Å². The van der Waals surface area contributed by atoms with Crippen LogP contribution in [0.2, 0.25) is 0 Å². The molecule has 31 heavy (non-hydrogen) atoms. The Labute approximate surface area is 180 Å². The van der Waals surface area contributed by atoms with Crippen LogP contribution in [0, 0.1) is 17.0 Å². The van der Waals surface area contributed by atoms with Gasteiger partial charge in [0.1, 0.15) is 6.33 Å². The molecule has 0 aliphatic carbocycles. The van der Waals surface area contributed by atoms with Crippen LogP contribution < -0.4 is 16.2 Å². The summed E-state index contributed by atoms with van der Waals surface area (Å²) in [4.78, 5) is 35.6. The molecule has 0 radical (unpaired) electrons. The highest BCUT2D eigenvalue weighted by Crippen LogP contribution is 2.34. The Balaban J connectivity index is 1.54. The van der Waals surface area contributed by atoms with E-state index in [0.717, 1.165) is 21.3 Å². The molecule has 0 aliphatic heterocycles. The highest BCUT2D eigenvalue weighted by Gasteiger charge is 2.24. The van der Waals surface area contributed by atoms with Crippen molar-refractivity contribution in [2.75, 3.05) is 10.7 Å². The van der Waals surface area contributed by atoms with Crippen molar-refractivity contribution in [1.82, 2.24) is 20.4 Å². The van der Waals surface area contributed by atoms with Crippen molar-refractivity contribution in [3.8, 4) is 0 Å². The van der Waals surface area contributed by atoms with E-state index in [4.69, 9.17) is 0 Å². The fourth-order valence-electron chi connectivity index (χ4n) is 2.93. The zero-order valence-corrected chi connectivity index (χ0v) is 17.1. The molecule has 4 aromatic rings. The van der Waals surface area contributed by atoms with E-state index in [9.17, 15) is 14.9 Å². The predicted octanol–water partition coefficient (Wildman–Crippen LogP) is 3.73. The minimum absolute atomic E-state index is 0.0310. The predicted molar refractivity (Wildman–Crippen MR) is 118 cm³/mol. The zero-order valence-electron chi connectivity index (χ0n) is 16.3. The van der Waals surface area contributed by atoms with Crippen LogP contribution in [0.25, 0.3) is 10.2 Å². The van der Waals surface area contributed by atoms with E-state index >= 15 is 0 Å². The molecule has 1 amide bonds. The molecule has 3 N–H and O–H groups in total. The number of nitrogens with one attached hydrogen (secondary N) is 3. The van der Waals surface area contributed by atoms with E-state index in [0.29, 0.717) is 5.13 Å². The molecule has 0 aliphatic rings. The van der Waals surface area contributed by atoms with Crippen LogP contribution in [-0.2, 0) is 11.2 Å².